The Morgan fingerprint density at radius 3 is 2.52 bits per heavy atom. The number of benzene rings is 1. The van der Waals surface area contributed by atoms with Gasteiger partial charge in [0.25, 0.3) is 5.91 Å². The molecule has 2 aliphatic carbocycles. The zero-order valence-electron chi connectivity index (χ0n) is 14.4. The van der Waals surface area contributed by atoms with Crippen LogP contribution in [0.3, 0.4) is 0 Å². The van der Waals surface area contributed by atoms with Crippen molar-refractivity contribution in [2.75, 3.05) is 0 Å². The van der Waals surface area contributed by atoms with Crippen molar-refractivity contribution >= 4 is 17.5 Å². The zero-order chi connectivity index (χ0) is 17.7. The summed E-state index contributed by atoms with van der Waals surface area (Å²) < 4.78 is 14.1. The van der Waals surface area contributed by atoms with Crippen LogP contribution >= 0.6 is 0 Å². The second kappa shape index (κ2) is 6.04. The van der Waals surface area contributed by atoms with Gasteiger partial charge in [-0.3, -0.25) is 14.4 Å². The summed E-state index contributed by atoms with van der Waals surface area (Å²) in [5.74, 6) is -0.782. The van der Waals surface area contributed by atoms with Crippen LogP contribution in [0.4, 0.5) is 4.39 Å². The lowest BCUT2D eigenvalue weighted by Gasteiger charge is -2.34. The van der Waals surface area contributed by atoms with E-state index in [9.17, 15) is 18.8 Å². The lowest BCUT2D eigenvalue weighted by Crippen LogP contribution is -2.49. The predicted molar refractivity (Wildman–Crippen MR) is 89.7 cm³/mol. The summed E-state index contributed by atoms with van der Waals surface area (Å²) in [7, 11) is 0. The van der Waals surface area contributed by atoms with Gasteiger partial charge in [-0.05, 0) is 47.9 Å². The van der Waals surface area contributed by atoms with Crippen molar-refractivity contribution in [2.24, 2.45) is 5.92 Å². The number of rotatable bonds is 2. The summed E-state index contributed by atoms with van der Waals surface area (Å²) in [5.41, 5.74) is 2.23. The molecule has 2 atom stereocenters. The highest BCUT2D eigenvalue weighted by Crippen LogP contribution is 2.41. The van der Waals surface area contributed by atoms with Crippen molar-refractivity contribution in [1.82, 2.24) is 4.90 Å². The Morgan fingerprint density at radius 2 is 1.84 bits per heavy atom. The van der Waals surface area contributed by atoms with Gasteiger partial charge in [-0.25, -0.2) is 4.39 Å². The molecule has 25 heavy (non-hydrogen) atoms. The molecule has 1 amide bonds. The third kappa shape index (κ3) is 2.70. The number of halogens is 1. The van der Waals surface area contributed by atoms with Gasteiger partial charge in [0.1, 0.15) is 11.6 Å². The Kier molecular flexibility index (Phi) is 3.97. The first-order chi connectivity index (χ1) is 12.0. The Hall–Kier alpha value is -2.04. The number of carbonyl (C=O) groups is 3. The quantitative estimate of drug-likeness (QED) is 0.774. The van der Waals surface area contributed by atoms with Gasteiger partial charge in [-0.1, -0.05) is 19.8 Å². The van der Waals surface area contributed by atoms with Crippen LogP contribution < -0.4 is 0 Å². The Bertz CT molecular complexity index is 766. The molecule has 0 spiro atoms. The van der Waals surface area contributed by atoms with Gasteiger partial charge >= 0.3 is 0 Å². The number of Topliss-reactive ketones (excluding diaryl/α,β-unsaturated/α-hetero) is 2. The Labute approximate surface area is 146 Å². The number of hydrogen-bond donors (Lipinski definition) is 0. The van der Waals surface area contributed by atoms with Crippen LogP contribution in [0.2, 0.25) is 0 Å². The maximum atomic E-state index is 14.1. The summed E-state index contributed by atoms with van der Waals surface area (Å²) in [5, 5.41) is 0. The standard InChI is InChI=1S/C20H22FNO3/c1-11-6-14(23)9-18(24)19(11)22-10-17-15(12-4-2-3-5-12)7-13(21)8-16(17)20(22)25/h7-8,11-12,19H,2-6,9-10H2,1H3. The number of hydrogen-bond acceptors (Lipinski definition) is 3. The van der Waals surface area contributed by atoms with E-state index in [1.807, 2.05) is 6.92 Å². The predicted octanol–water partition coefficient (Wildman–Crippen LogP) is 3.38. The molecular formula is C20H22FNO3. The van der Waals surface area contributed by atoms with E-state index >= 15 is 0 Å². The van der Waals surface area contributed by atoms with Gasteiger partial charge in [-0.15, -0.1) is 0 Å². The first kappa shape index (κ1) is 16.4. The highest BCUT2D eigenvalue weighted by atomic mass is 19.1. The van der Waals surface area contributed by atoms with E-state index < -0.39 is 6.04 Å². The molecule has 2 saturated carbocycles. The smallest absolute Gasteiger partial charge is 0.255 e. The van der Waals surface area contributed by atoms with Crippen molar-refractivity contribution in [1.29, 1.82) is 0 Å². The number of carbonyl (C=O) groups excluding carboxylic acids is 3. The van der Waals surface area contributed by atoms with Gasteiger partial charge in [-0.2, -0.15) is 0 Å². The van der Waals surface area contributed by atoms with Gasteiger partial charge in [0, 0.05) is 18.5 Å². The molecule has 0 N–H and O–H groups in total. The van der Waals surface area contributed by atoms with E-state index in [2.05, 4.69) is 0 Å². The second-order valence-corrected chi connectivity index (χ2v) is 7.74. The van der Waals surface area contributed by atoms with E-state index in [1.165, 1.54) is 6.07 Å². The van der Waals surface area contributed by atoms with E-state index in [0.29, 0.717) is 24.4 Å². The van der Waals surface area contributed by atoms with Crippen molar-refractivity contribution in [3.8, 4) is 0 Å². The van der Waals surface area contributed by atoms with E-state index in [0.717, 1.165) is 36.8 Å². The van der Waals surface area contributed by atoms with Gasteiger partial charge in [0.05, 0.1) is 12.5 Å². The zero-order valence-corrected chi connectivity index (χ0v) is 14.4. The molecule has 4 rings (SSSR count). The van der Waals surface area contributed by atoms with Crippen LogP contribution in [0.25, 0.3) is 0 Å². The van der Waals surface area contributed by atoms with Crippen molar-refractivity contribution in [3.63, 3.8) is 0 Å². The SMILES string of the molecule is CC1CC(=O)CC(=O)C1N1Cc2c(cc(F)cc2C2CCCC2)C1=O. The number of ketones is 2. The summed E-state index contributed by atoms with van der Waals surface area (Å²) in [6, 6.07) is 2.30. The fraction of sp³-hybridized carbons (Fsp3) is 0.550. The van der Waals surface area contributed by atoms with Gasteiger partial charge in [0.15, 0.2) is 5.78 Å². The molecule has 2 unspecified atom stereocenters. The Balaban J connectivity index is 1.70. The Morgan fingerprint density at radius 1 is 1.12 bits per heavy atom. The summed E-state index contributed by atoms with van der Waals surface area (Å²) in [4.78, 5) is 38.5. The third-order valence-electron chi connectivity index (χ3n) is 5.99. The molecular weight excluding hydrogens is 321 g/mol. The highest BCUT2D eigenvalue weighted by molar-refractivity contribution is 6.08. The highest BCUT2D eigenvalue weighted by Gasteiger charge is 2.43. The minimum Gasteiger partial charge on any atom is -0.324 e. The molecule has 1 heterocycles. The fourth-order valence-corrected chi connectivity index (χ4v) is 4.89. The van der Waals surface area contributed by atoms with Crippen LogP contribution in [-0.2, 0) is 16.1 Å². The number of amides is 1. The third-order valence-corrected chi connectivity index (χ3v) is 5.99. The molecule has 0 aromatic heterocycles. The monoisotopic (exact) mass is 343 g/mol. The van der Waals surface area contributed by atoms with Crippen molar-refractivity contribution in [2.45, 2.75) is 64.0 Å². The van der Waals surface area contributed by atoms with Crippen LogP contribution in [-0.4, -0.2) is 28.4 Å². The molecule has 5 heteroatoms. The van der Waals surface area contributed by atoms with Gasteiger partial charge < -0.3 is 4.90 Å². The second-order valence-electron chi connectivity index (χ2n) is 7.74. The molecule has 3 aliphatic rings. The van der Waals surface area contributed by atoms with Crippen LogP contribution in [0.1, 0.15) is 72.9 Å². The first-order valence-electron chi connectivity index (χ1n) is 9.13. The van der Waals surface area contributed by atoms with Crippen molar-refractivity contribution < 1.29 is 18.8 Å². The van der Waals surface area contributed by atoms with Crippen molar-refractivity contribution in [3.05, 3.63) is 34.6 Å². The topological polar surface area (TPSA) is 54.5 Å². The maximum absolute atomic E-state index is 14.1. The summed E-state index contributed by atoms with van der Waals surface area (Å²) in [6.07, 6.45) is 4.54. The molecule has 1 aromatic carbocycles. The molecule has 132 valence electrons. The molecule has 0 bridgehead atoms. The molecule has 2 fully saturated rings. The van der Waals surface area contributed by atoms with Crippen LogP contribution in [0.15, 0.2) is 12.1 Å². The fourth-order valence-electron chi connectivity index (χ4n) is 4.89. The minimum atomic E-state index is -0.572. The molecule has 1 aromatic rings. The number of fused-ring (bicyclic) bond motifs is 1. The largest absolute Gasteiger partial charge is 0.324 e. The lowest BCUT2D eigenvalue weighted by atomic mass is 9.83. The average molecular weight is 343 g/mol. The van der Waals surface area contributed by atoms with Gasteiger partial charge in [0.2, 0.25) is 0 Å². The summed E-state index contributed by atoms with van der Waals surface area (Å²) in [6.45, 7) is 2.20. The van der Waals surface area contributed by atoms with E-state index in [1.54, 1.807) is 11.0 Å². The van der Waals surface area contributed by atoms with Crippen LogP contribution in [0, 0.1) is 11.7 Å². The molecule has 4 nitrogen and oxygen atoms in total. The molecule has 0 saturated heterocycles. The average Bonchev–Trinajstić information content (AvgIpc) is 3.16. The first-order valence-corrected chi connectivity index (χ1v) is 9.13. The molecule has 0 radical (unpaired) electrons. The normalized spacial score (nSPS) is 27.3. The lowest BCUT2D eigenvalue weighted by molar-refractivity contribution is -0.135. The minimum absolute atomic E-state index is 0.0596. The van der Waals surface area contributed by atoms with E-state index in [-0.39, 0.29) is 35.6 Å². The van der Waals surface area contributed by atoms with E-state index in [4.69, 9.17) is 0 Å². The summed E-state index contributed by atoms with van der Waals surface area (Å²) >= 11 is 0. The number of nitrogens with zero attached hydrogens (tertiary/aromatic N) is 1. The van der Waals surface area contributed by atoms with Crippen LogP contribution in [0.5, 0.6) is 0 Å². The molecule has 1 aliphatic heterocycles. The maximum Gasteiger partial charge on any atom is 0.255 e.